The highest BCUT2D eigenvalue weighted by molar-refractivity contribution is 5.77. The molecule has 0 radical (unpaired) electrons. The number of rotatable bonds is 2. The van der Waals surface area contributed by atoms with Crippen LogP contribution in [0.4, 0.5) is 0 Å². The van der Waals surface area contributed by atoms with Crippen LogP contribution in [0.2, 0.25) is 0 Å². The third-order valence-corrected chi connectivity index (χ3v) is 2.74. The fraction of sp³-hybridized carbons (Fsp3) is 0.0769. The maximum Gasteiger partial charge on any atom is 0.200 e. The lowest BCUT2D eigenvalue weighted by atomic mass is 10.2. The first-order valence-corrected chi connectivity index (χ1v) is 5.51. The van der Waals surface area contributed by atoms with Gasteiger partial charge in [0.1, 0.15) is 5.69 Å². The maximum absolute atomic E-state index is 10.9. The number of aryl methyl sites for hydroxylation is 1. The number of aromatic nitrogens is 4. The quantitative estimate of drug-likeness (QED) is 0.640. The van der Waals surface area contributed by atoms with Gasteiger partial charge in [-0.3, -0.25) is 9.78 Å². The van der Waals surface area contributed by atoms with Gasteiger partial charge in [0.05, 0.1) is 0 Å². The van der Waals surface area contributed by atoms with Crippen molar-refractivity contribution in [3.63, 3.8) is 0 Å². The summed E-state index contributed by atoms with van der Waals surface area (Å²) in [5.41, 5.74) is 2.92. The van der Waals surface area contributed by atoms with Crippen LogP contribution in [0.15, 0.2) is 36.7 Å². The molecule has 5 nitrogen and oxygen atoms in total. The number of pyridine rings is 2. The summed E-state index contributed by atoms with van der Waals surface area (Å²) in [6.45, 7) is 1.87. The minimum Gasteiger partial charge on any atom is -0.298 e. The molecule has 3 aromatic heterocycles. The Bertz CT molecular complexity index is 718. The zero-order valence-corrected chi connectivity index (χ0v) is 9.74. The lowest BCUT2D eigenvalue weighted by Gasteiger charge is -1.97. The van der Waals surface area contributed by atoms with Crippen molar-refractivity contribution in [2.75, 3.05) is 0 Å². The van der Waals surface area contributed by atoms with E-state index in [9.17, 15) is 4.79 Å². The molecule has 0 bridgehead atoms. The van der Waals surface area contributed by atoms with Gasteiger partial charge in [0.25, 0.3) is 0 Å². The van der Waals surface area contributed by atoms with E-state index < -0.39 is 0 Å². The first kappa shape index (κ1) is 10.6. The molecule has 0 aliphatic rings. The van der Waals surface area contributed by atoms with Crippen molar-refractivity contribution in [1.29, 1.82) is 0 Å². The van der Waals surface area contributed by atoms with Crippen LogP contribution in [0.5, 0.6) is 0 Å². The van der Waals surface area contributed by atoms with Crippen LogP contribution in [-0.2, 0) is 0 Å². The second-order valence-electron chi connectivity index (χ2n) is 3.98. The topological polar surface area (TPSA) is 60.1 Å². The summed E-state index contributed by atoms with van der Waals surface area (Å²) in [6.07, 6.45) is 4.19. The molecule has 0 unspecified atom stereocenters. The summed E-state index contributed by atoms with van der Waals surface area (Å²) in [7, 11) is 0. The smallest absolute Gasteiger partial charge is 0.200 e. The van der Waals surface area contributed by atoms with Crippen LogP contribution in [0.1, 0.15) is 15.9 Å². The van der Waals surface area contributed by atoms with Crippen LogP contribution in [0.25, 0.3) is 17.2 Å². The number of fused-ring (bicyclic) bond motifs is 1. The van der Waals surface area contributed by atoms with Gasteiger partial charge in [0.2, 0.25) is 5.82 Å². The van der Waals surface area contributed by atoms with Crippen molar-refractivity contribution in [1.82, 2.24) is 19.6 Å². The fourth-order valence-electron chi connectivity index (χ4n) is 1.77. The molecule has 3 heterocycles. The summed E-state index contributed by atoms with van der Waals surface area (Å²) in [6, 6.07) is 7.41. The van der Waals surface area contributed by atoms with Gasteiger partial charge in [0, 0.05) is 18.0 Å². The number of nitrogens with zero attached hydrogens (tertiary/aromatic N) is 4. The Morgan fingerprint density at radius 2 is 2.22 bits per heavy atom. The van der Waals surface area contributed by atoms with Gasteiger partial charge in [-0.1, -0.05) is 6.07 Å². The molecule has 0 fully saturated rings. The molecule has 88 valence electrons. The lowest BCUT2D eigenvalue weighted by molar-refractivity contribution is 0.112. The summed E-state index contributed by atoms with van der Waals surface area (Å²) in [4.78, 5) is 19.5. The van der Waals surface area contributed by atoms with E-state index in [1.165, 1.54) is 0 Å². The number of carbonyl (C=O) groups is 1. The van der Waals surface area contributed by atoms with Crippen molar-refractivity contribution >= 4 is 11.9 Å². The third kappa shape index (κ3) is 1.66. The monoisotopic (exact) mass is 238 g/mol. The predicted molar refractivity (Wildman–Crippen MR) is 66.3 cm³/mol. The zero-order chi connectivity index (χ0) is 12.5. The van der Waals surface area contributed by atoms with Gasteiger partial charge in [-0.2, -0.15) is 0 Å². The minimum atomic E-state index is 0.554. The normalized spacial score (nSPS) is 10.7. The largest absolute Gasteiger partial charge is 0.298 e. The molecule has 0 aromatic carbocycles. The molecule has 0 aliphatic carbocycles. The number of carbonyl (C=O) groups excluding carboxylic acids is 1. The SMILES string of the molecule is Cc1cc2nc(-c3ccccn3)nn2cc1C=O. The standard InChI is InChI=1S/C13H10N4O/c1-9-6-12-15-13(11-4-2-3-5-14-11)16-17(12)7-10(9)8-18/h2-8H,1H3. The van der Waals surface area contributed by atoms with Gasteiger partial charge in [-0.25, -0.2) is 9.50 Å². The van der Waals surface area contributed by atoms with Crippen LogP contribution < -0.4 is 0 Å². The van der Waals surface area contributed by atoms with Crippen molar-refractivity contribution in [3.8, 4) is 11.5 Å². The van der Waals surface area contributed by atoms with Crippen molar-refractivity contribution in [3.05, 3.63) is 47.8 Å². The molecular formula is C13H10N4O. The van der Waals surface area contributed by atoms with Crippen LogP contribution >= 0.6 is 0 Å². The predicted octanol–water partition coefficient (Wildman–Crippen LogP) is 1.91. The Balaban J connectivity index is 2.20. The molecule has 0 saturated heterocycles. The molecule has 0 N–H and O–H groups in total. The third-order valence-electron chi connectivity index (χ3n) is 2.74. The highest BCUT2D eigenvalue weighted by atomic mass is 16.1. The van der Waals surface area contributed by atoms with E-state index in [2.05, 4.69) is 15.1 Å². The molecule has 18 heavy (non-hydrogen) atoms. The average Bonchev–Trinajstić information content (AvgIpc) is 2.81. The van der Waals surface area contributed by atoms with E-state index in [0.29, 0.717) is 22.7 Å². The minimum absolute atomic E-state index is 0.554. The Kier molecular flexibility index (Phi) is 2.37. The van der Waals surface area contributed by atoms with E-state index in [1.807, 2.05) is 31.2 Å². The van der Waals surface area contributed by atoms with Crippen LogP contribution in [0.3, 0.4) is 0 Å². The van der Waals surface area contributed by atoms with E-state index in [-0.39, 0.29) is 0 Å². The van der Waals surface area contributed by atoms with Crippen molar-refractivity contribution in [2.24, 2.45) is 0 Å². The first-order chi connectivity index (χ1) is 8.78. The number of hydrogen-bond acceptors (Lipinski definition) is 4. The van der Waals surface area contributed by atoms with E-state index in [0.717, 1.165) is 11.8 Å². The molecule has 0 amide bonds. The van der Waals surface area contributed by atoms with E-state index in [1.54, 1.807) is 16.9 Å². The molecule has 0 saturated carbocycles. The van der Waals surface area contributed by atoms with Crippen LogP contribution in [0, 0.1) is 6.92 Å². The molecule has 0 atom stereocenters. The summed E-state index contributed by atoms with van der Waals surface area (Å²) in [5, 5.41) is 4.32. The van der Waals surface area contributed by atoms with Gasteiger partial charge < -0.3 is 0 Å². The molecule has 3 aromatic rings. The summed E-state index contributed by atoms with van der Waals surface area (Å²) in [5.74, 6) is 0.554. The average molecular weight is 238 g/mol. The molecular weight excluding hydrogens is 228 g/mol. The van der Waals surface area contributed by atoms with Crippen LogP contribution in [-0.4, -0.2) is 25.9 Å². The summed E-state index contributed by atoms with van der Waals surface area (Å²) < 4.78 is 1.60. The van der Waals surface area contributed by atoms with E-state index in [4.69, 9.17) is 0 Å². The Morgan fingerprint density at radius 1 is 1.33 bits per heavy atom. The Morgan fingerprint density at radius 3 is 2.94 bits per heavy atom. The molecule has 5 heteroatoms. The molecule has 3 rings (SSSR count). The van der Waals surface area contributed by atoms with Crippen molar-refractivity contribution < 1.29 is 4.79 Å². The Hall–Kier alpha value is -2.56. The van der Waals surface area contributed by atoms with Gasteiger partial charge in [-0.05, 0) is 30.7 Å². The van der Waals surface area contributed by atoms with Crippen molar-refractivity contribution in [2.45, 2.75) is 6.92 Å². The fourth-order valence-corrected chi connectivity index (χ4v) is 1.77. The number of hydrogen-bond donors (Lipinski definition) is 0. The second-order valence-corrected chi connectivity index (χ2v) is 3.98. The highest BCUT2D eigenvalue weighted by Gasteiger charge is 2.08. The first-order valence-electron chi connectivity index (χ1n) is 5.51. The molecule has 0 spiro atoms. The maximum atomic E-state index is 10.9. The van der Waals surface area contributed by atoms with Gasteiger partial charge in [0.15, 0.2) is 11.9 Å². The van der Waals surface area contributed by atoms with Gasteiger partial charge in [-0.15, -0.1) is 5.10 Å². The highest BCUT2D eigenvalue weighted by Crippen LogP contribution is 2.15. The second kappa shape index (κ2) is 4.03. The lowest BCUT2D eigenvalue weighted by Crippen LogP contribution is -1.94. The Labute approximate surface area is 103 Å². The zero-order valence-electron chi connectivity index (χ0n) is 9.74. The van der Waals surface area contributed by atoms with E-state index >= 15 is 0 Å². The molecule has 0 aliphatic heterocycles. The summed E-state index contributed by atoms with van der Waals surface area (Å²) >= 11 is 0. The number of aldehydes is 1. The van der Waals surface area contributed by atoms with Gasteiger partial charge >= 0.3 is 0 Å².